The number of ether oxygens (including phenoxy) is 3. The molecule has 0 rings (SSSR count). The maximum absolute atomic E-state index is 12.8. The highest BCUT2D eigenvalue weighted by molar-refractivity contribution is 5.70. The Balaban J connectivity index is 4.22. The van der Waals surface area contributed by atoms with Crippen molar-refractivity contribution in [2.75, 3.05) is 41.0 Å². The van der Waals surface area contributed by atoms with Gasteiger partial charge >= 0.3 is 11.9 Å². The van der Waals surface area contributed by atoms with Gasteiger partial charge in [0.25, 0.3) is 0 Å². The molecule has 0 aromatic carbocycles. The molecular weight excluding hydrogens is 847 g/mol. The average Bonchev–Trinajstić information content (AvgIpc) is 3.30. The first-order valence-electron chi connectivity index (χ1n) is 28.0. The molecule has 8 heteroatoms. The molecule has 0 N–H and O–H groups in total. The minimum Gasteiger partial charge on any atom is -0.544 e. The summed E-state index contributed by atoms with van der Waals surface area (Å²) < 4.78 is 17.3. The molecule has 8 nitrogen and oxygen atoms in total. The number of hydrogen-bond acceptors (Lipinski definition) is 7. The van der Waals surface area contributed by atoms with Gasteiger partial charge in [-0.1, -0.05) is 202 Å². The third-order valence-corrected chi connectivity index (χ3v) is 12.3. The van der Waals surface area contributed by atoms with Gasteiger partial charge in [0.1, 0.15) is 12.6 Å². The van der Waals surface area contributed by atoms with E-state index in [1.54, 1.807) is 21.1 Å². The highest BCUT2D eigenvalue weighted by atomic mass is 16.6. The molecule has 0 bridgehead atoms. The number of likely N-dealkylation sites (N-methyl/N-ethyl adjacent to an activating group) is 1. The number of rotatable bonds is 50. The van der Waals surface area contributed by atoms with Gasteiger partial charge in [0.2, 0.25) is 0 Å². The van der Waals surface area contributed by atoms with Gasteiger partial charge in [0.05, 0.1) is 40.3 Å². The first kappa shape index (κ1) is 64.8. The second kappa shape index (κ2) is 50.2. The summed E-state index contributed by atoms with van der Waals surface area (Å²) in [6.45, 7) is 4.62. The van der Waals surface area contributed by atoms with Crippen molar-refractivity contribution in [1.29, 1.82) is 0 Å². The molecule has 0 amide bonds. The summed E-state index contributed by atoms with van der Waals surface area (Å²) in [4.78, 5) is 37.1. The minimum atomic E-state index is -1.13. The number of allylic oxidation sites excluding steroid dienone is 12. The second-order valence-electron chi connectivity index (χ2n) is 19.8. The number of nitrogens with zero attached hydrogens (tertiary/aromatic N) is 1. The van der Waals surface area contributed by atoms with Crippen LogP contribution in [-0.2, 0) is 28.6 Å². The van der Waals surface area contributed by atoms with E-state index in [0.717, 1.165) is 77.0 Å². The largest absolute Gasteiger partial charge is 0.544 e. The van der Waals surface area contributed by atoms with E-state index in [4.69, 9.17) is 14.2 Å². The van der Waals surface area contributed by atoms with Gasteiger partial charge < -0.3 is 28.6 Å². The molecule has 0 heterocycles. The fourth-order valence-electron chi connectivity index (χ4n) is 7.97. The Hall–Kier alpha value is -3.23. The van der Waals surface area contributed by atoms with E-state index in [9.17, 15) is 19.5 Å². The van der Waals surface area contributed by atoms with E-state index in [1.165, 1.54) is 128 Å². The number of quaternary nitrogens is 1. The quantitative estimate of drug-likeness (QED) is 0.0259. The third-order valence-electron chi connectivity index (χ3n) is 12.3. The molecule has 2 unspecified atom stereocenters. The van der Waals surface area contributed by atoms with E-state index >= 15 is 0 Å². The Morgan fingerprint density at radius 1 is 0.441 bits per heavy atom. The number of aliphatic carboxylic acids is 1. The van der Waals surface area contributed by atoms with Gasteiger partial charge in [0, 0.05) is 19.3 Å². The number of carboxylic acids is 1. The first-order chi connectivity index (χ1) is 33.1. The fraction of sp³-hybridized carbons (Fsp3) is 0.750. The van der Waals surface area contributed by atoms with Crippen LogP contribution in [0, 0.1) is 0 Å². The van der Waals surface area contributed by atoms with Crippen LogP contribution in [0.2, 0.25) is 0 Å². The Morgan fingerprint density at radius 3 is 1.15 bits per heavy atom. The molecule has 0 aliphatic heterocycles. The lowest BCUT2D eigenvalue weighted by atomic mass is 10.1. The maximum Gasteiger partial charge on any atom is 0.306 e. The van der Waals surface area contributed by atoms with Crippen LogP contribution in [0.25, 0.3) is 0 Å². The maximum atomic E-state index is 12.8. The van der Waals surface area contributed by atoms with Crippen LogP contribution in [0.1, 0.15) is 239 Å². The molecule has 0 radical (unpaired) electrons. The molecule has 0 aromatic rings. The molecule has 392 valence electrons. The number of esters is 2. The van der Waals surface area contributed by atoms with E-state index in [1.807, 2.05) is 0 Å². The molecule has 0 saturated heterocycles. The number of carbonyl (C=O) groups excluding carboxylic acids is 3. The highest BCUT2D eigenvalue weighted by Gasteiger charge is 2.25. The third kappa shape index (κ3) is 47.8. The second-order valence-corrected chi connectivity index (χ2v) is 19.8. The van der Waals surface area contributed by atoms with Crippen LogP contribution in [-0.4, -0.2) is 75.5 Å². The summed E-state index contributed by atoms with van der Waals surface area (Å²) in [5, 5.41) is 11.7. The lowest BCUT2D eigenvalue weighted by Crippen LogP contribution is -2.55. The normalized spacial score (nSPS) is 13.4. The molecule has 0 aliphatic carbocycles. The smallest absolute Gasteiger partial charge is 0.306 e. The van der Waals surface area contributed by atoms with E-state index < -0.39 is 18.1 Å². The number of carboxylic acid groups (broad SMARTS) is 1. The van der Waals surface area contributed by atoms with Crippen molar-refractivity contribution in [2.45, 2.75) is 251 Å². The number of carbonyl (C=O) groups is 3. The Labute approximate surface area is 419 Å². The zero-order valence-corrected chi connectivity index (χ0v) is 44.8. The Bertz CT molecular complexity index is 1340. The van der Waals surface area contributed by atoms with Crippen LogP contribution in [0.5, 0.6) is 0 Å². The predicted octanol–water partition coefficient (Wildman–Crippen LogP) is 15.3. The van der Waals surface area contributed by atoms with Gasteiger partial charge in [-0.05, 0) is 89.9 Å². The SMILES string of the molecule is CCCCC/C=C/C/C=C/C/C=C/CCCCCCCCCCCC(=O)OCC(COCCC(C(=O)[O-])[N+](C)(C)C)OC(=O)CCCCCCCCCCC/C=C/C/C=C/C/C=C/CCCCC. The predicted molar refractivity (Wildman–Crippen MR) is 286 cm³/mol. The average molecular weight is 952 g/mol. The summed E-state index contributed by atoms with van der Waals surface area (Å²) in [7, 11) is 5.42. The van der Waals surface area contributed by atoms with Gasteiger partial charge in [-0.2, -0.15) is 0 Å². The van der Waals surface area contributed by atoms with E-state index in [-0.39, 0.29) is 42.7 Å². The van der Waals surface area contributed by atoms with E-state index in [0.29, 0.717) is 12.8 Å². The van der Waals surface area contributed by atoms with Crippen molar-refractivity contribution in [2.24, 2.45) is 0 Å². The van der Waals surface area contributed by atoms with Crippen molar-refractivity contribution in [3.05, 3.63) is 72.9 Å². The number of unbranched alkanes of at least 4 members (excludes halogenated alkanes) is 24. The monoisotopic (exact) mass is 952 g/mol. The molecule has 0 aliphatic rings. The first-order valence-corrected chi connectivity index (χ1v) is 28.0. The lowest BCUT2D eigenvalue weighted by molar-refractivity contribution is -0.889. The Kier molecular flexibility index (Phi) is 47.8. The van der Waals surface area contributed by atoms with Crippen LogP contribution in [0.4, 0.5) is 0 Å². The van der Waals surface area contributed by atoms with E-state index in [2.05, 4.69) is 86.8 Å². The summed E-state index contributed by atoms with van der Waals surface area (Å²) in [5.74, 6) is -1.75. The highest BCUT2D eigenvalue weighted by Crippen LogP contribution is 2.15. The molecule has 68 heavy (non-hydrogen) atoms. The van der Waals surface area contributed by atoms with Gasteiger partial charge in [-0.25, -0.2) is 0 Å². The summed E-state index contributed by atoms with van der Waals surface area (Å²) in [5.41, 5.74) is 0. The minimum absolute atomic E-state index is 0.0345. The topological polar surface area (TPSA) is 102 Å². The van der Waals surface area contributed by atoms with Gasteiger partial charge in [-0.15, -0.1) is 0 Å². The van der Waals surface area contributed by atoms with Crippen LogP contribution >= 0.6 is 0 Å². The molecule has 2 atom stereocenters. The number of hydrogen-bond donors (Lipinski definition) is 0. The van der Waals surface area contributed by atoms with Crippen molar-refractivity contribution in [3.8, 4) is 0 Å². The van der Waals surface area contributed by atoms with Crippen LogP contribution in [0.15, 0.2) is 72.9 Å². The van der Waals surface area contributed by atoms with Crippen LogP contribution in [0.3, 0.4) is 0 Å². The van der Waals surface area contributed by atoms with Crippen molar-refractivity contribution >= 4 is 17.9 Å². The zero-order chi connectivity index (χ0) is 49.9. The fourth-order valence-corrected chi connectivity index (χ4v) is 7.97. The summed E-state index contributed by atoms with van der Waals surface area (Å²) in [6.07, 6.45) is 65.0. The molecule has 0 saturated carbocycles. The summed E-state index contributed by atoms with van der Waals surface area (Å²) in [6, 6.07) is -0.732. The molecule has 0 spiro atoms. The zero-order valence-electron chi connectivity index (χ0n) is 44.8. The van der Waals surface area contributed by atoms with Crippen molar-refractivity contribution < 1.29 is 38.2 Å². The lowest BCUT2D eigenvalue weighted by Gasteiger charge is -2.34. The Morgan fingerprint density at radius 2 is 0.779 bits per heavy atom. The standard InChI is InChI=1S/C60H105NO7/c1-6-8-10-12-14-16-18-20-22-24-26-28-30-32-34-36-38-40-42-44-46-48-50-58(62)67-55-56(54-66-53-52-57(60(64)65)61(3,4)5)68-59(63)51-49-47-45-43-41-39-37-35-33-31-29-27-25-23-21-19-17-15-13-11-9-7-2/h14-17,20-23,26-29,56-57H,6-13,18-19,24-25,30-55H2,1-5H3/b16-14+,17-15+,22-20+,23-21+,28-26+,29-27+. The molecular formula is C60H105NO7. The van der Waals surface area contributed by atoms with Gasteiger partial charge in [-0.3, -0.25) is 9.59 Å². The summed E-state index contributed by atoms with van der Waals surface area (Å²) >= 11 is 0. The molecule has 0 aromatic heterocycles. The van der Waals surface area contributed by atoms with Crippen molar-refractivity contribution in [1.82, 2.24) is 0 Å². The van der Waals surface area contributed by atoms with Crippen LogP contribution < -0.4 is 5.11 Å². The van der Waals surface area contributed by atoms with Gasteiger partial charge in [0.15, 0.2) is 6.10 Å². The molecule has 0 fully saturated rings. The van der Waals surface area contributed by atoms with Crippen molar-refractivity contribution in [3.63, 3.8) is 0 Å².